The highest BCUT2D eigenvalue weighted by Gasteiger charge is 2.10. The largest absolute Gasteiger partial charge is 0.493 e. The minimum atomic E-state index is 0.706. The number of rotatable bonds is 5. The zero-order valence-electron chi connectivity index (χ0n) is 15.0. The molecule has 0 bridgehead atoms. The van der Waals surface area contributed by atoms with Gasteiger partial charge in [-0.05, 0) is 54.4 Å². The minimum absolute atomic E-state index is 0.706. The molecule has 132 valence electrons. The van der Waals surface area contributed by atoms with Crippen LogP contribution in [0.5, 0.6) is 11.5 Å². The van der Waals surface area contributed by atoms with E-state index in [9.17, 15) is 0 Å². The minimum Gasteiger partial charge on any atom is -0.493 e. The van der Waals surface area contributed by atoms with Crippen molar-refractivity contribution in [2.75, 3.05) is 45.4 Å². The van der Waals surface area contributed by atoms with Crippen molar-refractivity contribution in [2.24, 2.45) is 4.99 Å². The summed E-state index contributed by atoms with van der Waals surface area (Å²) in [5, 5.41) is 0. The quantitative estimate of drug-likeness (QED) is 0.780. The number of anilines is 1. The molecule has 0 unspecified atom stereocenters. The van der Waals surface area contributed by atoms with Crippen LogP contribution in [0.4, 0.5) is 11.4 Å². The molecule has 0 spiro atoms. The molecular formula is C20H24N2O3. The van der Waals surface area contributed by atoms with E-state index in [-0.39, 0.29) is 0 Å². The summed E-state index contributed by atoms with van der Waals surface area (Å²) >= 11 is 0. The fourth-order valence-corrected chi connectivity index (χ4v) is 2.85. The van der Waals surface area contributed by atoms with Crippen molar-refractivity contribution in [3.05, 3.63) is 47.5 Å². The fraction of sp³-hybridized carbons (Fsp3) is 0.350. The lowest BCUT2D eigenvalue weighted by molar-refractivity contribution is 0.122. The van der Waals surface area contributed by atoms with E-state index in [0.29, 0.717) is 5.75 Å². The number of nitrogens with zero attached hydrogens (tertiary/aromatic N) is 2. The Morgan fingerprint density at radius 3 is 2.28 bits per heavy atom. The maximum atomic E-state index is 5.39. The lowest BCUT2D eigenvalue weighted by Gasteiger charge is -2.28. The number of hydrogen-bond donors (Lipinski definition) is 0. The number of benzene rings is 2. The third kappa shape index (κ3) is 4.12. The van der Waals surface area contributed by atoms with Gasteiger partial charge in [0.1, 0.15) is 0 Å². The molecule has 25 heavy (non-hydrogen) atoms. The highest BCUT2D eigenvalue weighted by molar-refractivity contribution is 5.85. The van der Waals surface area contributed by atoms with E-state index < -0.39 is 0 Å². The van der Waals surface area contributed by atoms with Crippen molar-refractivity contribution in [3.63, 3.8) is 0 Å². The van der Waals surface area contributed by atoms with Gasteiger partial charge in [0.2, 0.25) is 0 Å². The van der Waals surface area contributed by atoms with Gasteiger partial charge in [0.15, 0.2) is 11.5 Å². The lowest BCUT2D eigenvalue weighted by Crippen LogP contribution is -2.36. The highest BCUT2D eigenvalue weighted by Crippen LogP contribution is 2.30. The third-order valence-electron chi connectivity index (χ3n) is 4.35. The van der Waals surface area contributed by atoms with Crippen LogP contribution >= 0.6 is 0 Å². The molecule has 0 saturated carbocycles. The van der Waals surface area contributed by atoms with Crippen molar-refractivity contribution < 1.29 is 14.2 Å². The molecule has 0 atom stereocenters. The molecule has 1 heterocycles. The van der Waals surface area contributed by atoms with Gasteiger partial charge in [0.05, 0.1) is 33.1 Å². The number of ether oxygens (including phenoxy) is 3. The number of aryl methyl sites for hydroxylation is 1. The number of hydrogen-bond acceptors (Lipinski definition) is 5. The van der Waals surface area contributed by atoms with Crippen molar-refractivity contribution in [2.45, 2.75) is 6.92 Å². The maximum Gasteiger partial charge on any atom is 0.161 e. The van der Waals surface area contributed by atoms with Gasteiger partial charge in [-0.2, -0.15) is 0 Å². The van der Waals surface area contributed by atoms with Crippen molar-refractivity contribution in [3.8, 4) is 11.5 Å². The van der Waals surface area contributed by atoms with Crippen LogP contribution in [-0.4, -0.2) is 46.7 Å². The predicted molar refractivity (Wildman–Crippen MR) is 101 cm³/mol. The standard InChI is InChI=1S/C20H24N2O3/c1-15-12-19(23-2)20(24-3)13-16(15)14-21-17-4-6-18(7-5-17)22-8-10-25-11-9-22/h4-7,12-14H,8-11H2,1-3H3. The molecule has 1 aliphatic heterocycles. The molecule has 2 aromatic carbocycles. The molecule has 1 fully saturated rings. The molecule has 2 aromatic rings. The molecule has 0 amide bonds. The number of methoxy groups -OCH3 is 2. The van der Waals surface area contributed by atoms with E-state index in [1.165, 1.54) is 5.69 Å². The number of aliphatic imine (C=N–C) groups is 1. The van der Waals surface area contributed by atoms with Crippen LogP contribution in [0, 0.1) is 6.92 Å². The predicted octanol–water partition coefficient (Wildman–Crippen LogP) is 3.60. The molecule has 1 aliphatic rings. The van der Waals surface area contributed by atoms with Gasteiger partial charge < -0.3 is 19.1 Å². The van der Waals surface area contributed by atoms with E-state index in [1.807, 2.05) is 37.4 Å². The second-order valence-electron chi connectivity index (χ2n) is 5.94. The first-order valence-corrected chi connectivity index (χ1v) is 8.40. The summed E-state index contributed by atoms with van der Waals surface area (Å²) in [5.41, 5.74) is 4.23. The van der Waals surface area contributed by atoms with Gasteiger partial charge >= 0.3 is 0 Å². The van der Waals surface area contributed by atoms with Crippen LogP contribution < -0.4 is 14.4 Å². The first kappa shape index (κ1) is 17.3. The lowest BCUT2D eigenvalue weighted by atomic mass is 10.1. The van der Waals surface area contributed by atoms with Gasteiger partial charge in [-0.1, -0.05) is 0 Å². The van der Waals surface area contributed by atoms with Gasteiger partial charge in [-0.3, -0.25) is 4.99 Å². The molecule has 0 N–H and O–H groups in total. The highest BCUT2D eigenvalue weighted by atomic mass is 16.5. The molecule has 3 rings (SSSR count). The fourth-order valence-electron chi connectivity index (χ4n) is 2.85. The Labute approximate surface area is 148 Å². The molecule has 5 nitrogen and oxygen atoms in total. The summed E-state index contributed by atoms with van der Waals surface area (Å²) in [4.78, 5) is 6.92. The SMILES string of the molecule is COc1cc(C)c(C=Nc2ccc(N3CCOCC3)cc2)cc1OC. The Hall–Kier alpha value is -2.53. The summed E-state index contributed by atoms with van der Waals surface area (Å²) < 4.78 is 16.1. The van der Waals surface area contributed by atoms with Crippen LogP contribution in [0.1, 0.15) is 11.1 Å². The zero-order chi connectivity index (χ0) is 17.6. The van der Waals surface area contributed by atoms with Crippen LogP contribution in [0.25, 0.3) is 0 Å². The Balaban J connectivity index is 1.75. The van der Waals surface area contributed by atoms with Crippen molar-refractivity contribution >= 4 is 17.6 Å². The van der Waals surface area contributed by atoms with Crippen LogP contribution in [0.2, 0.25) is 0 Å². The summed E-state index contributed by atoms with van der Waals surface area (Å²) in [7, 11) is 3.28. The Morgan fingerprint density at radius 1 is 1.00 bits per heavy atom. The van der Waals surface area contributed by atoms with E-state index >= 15 is 0 Å². The average Bonchev–Trinajstić information content (AvgIpc) is 2.68. The van der Waals surface area contributed by atoms with Crippen molar-refractivity contribution in [1.82, 2.24) is 0 Å². The van der Waals surface area contributed by atoms with Gasteiger partial charge in [-0.25, -0.2) is 0 Å². The van der Waals surface area contributed by atoms with Gasteiger partial charge in [0, 0.05) is 25.0 Å². The maximum absolute atomic E-state index is 5.39. The third-order valence-corrected chi connectivity index (χ3v) is 4.35. The molecule has 0 aromatic heterocycles. The Morgan fingerprint density at radius 2 is 1.64 bits per heavy atom. The van der Waals surface area contributed by atoms with Crippen LogP contribution in [0.3, 0.4) is 0 Å². The second-order valence-corrected chi connectivity index (χ2v) is 5.94. The molecule has 0 radical (unpaired) electrons. The smallest absolute Gasteiger partial charge is 0.161 e. The Kier molecular flexibility index (Phi) is 5.56. The first-order chi connectivity index (χ1) is 12.2. The van der Waals surface area contributed by atoms with E-state index in [2.05, 4.69) is 22.0 Å². The topological polar surface area (TPSA) is 43.3 Å². The summed E-state index contributed by atoms with van der Waals surface area (Å²) in [6.07, 6.45) is 1.86. The molecule has 0 aliphatic carbocycles. The normalized spacial score (nSPS) is 14.8. The second kappa shape index (κ2) is 8.03. The van der Waals surface area contributed by atoms with Crippen molar-refractivity contribution in [1.29, 1.82) is 0 Å². The van der Waals surface area contributed by atoms with E-state index in [1.54, 1.807) is 14.2 Å². The van der Waals surface area contributed by atoms with E-state index in [0.717, 1.165) is 48.9 Å². The van der Waals surface area contributed by atoms with Gasteiger partial charge in [0.25, 0.3) is 0 Å². The summed E-state index contributed by atoms with van der Waals surface area (Å²) in [6, 6.07) is 12.2. The van der Waals surface area contributed by atoms with Crippen LogP contribution in [-0.2, 0) is 4.74 Å². The summed E-state index contributed by atoms with van der Waals surface area (Å²) in [5.74, 6) is 1.43. The zero-order valence-corrected chi connectivity index (χ0v) is 15.0. The molecule has 1 saturated heterocycles. The van der Waals surface area contributed by atoms with E-state index in [4.69, 9.17) is 14.2 Å². The average molecular weight is 340 g/mol. The molecular weight excluding hydrogens is 316 g/mol. The first-order valence-electron chi connectivity index (χ1n) is 8.40. The monoisotopic (exact) mass is 340 g/mol. The Bertz CT molecular complexity index is 735. The van der Waals surface area contributed by atoms with Crippen LogP contribution in [0.15, 0.2) is 41.4 Å². The summed E-state index contributed by atoms with van der Waals surface area (Å²) in [6.45, 7) is 5.49. The van der Waals surface area contributed by atoms with Gasteiger partial charge in [-0.15, -0.1) is 0 Å². The number of morpholine rings is 1. The molecule has 5 heteroatoms.